The van der Waals surface area contributed by atoms with Crippen molar-refractivity contribution >= 4 is 39.2 Å². The molecule has 3 rings (SSSR count). The lowest BCUT2D eigenvalue weighted by Crippen LogP contribution is -2.23. The van der Waals surface area contributed by atoms with Crippen molar-refractivity contribution in [3.05, 3.63) is 29.0 Å². The molecule has 90 valence electrons. The summed E-state index contributed by atoms with van der Waals surface area (Å²) in [6, 6.07) is 3.59. The molecule has 0 N–H and O–H groups in total. The van der Waals surface area contributed by atoms with Gasteiger partial charge in [0.15, 0.2) is 0 Å². The summed E-state index contributed by atoms with van der Waals surface area (Å²) < 4.78 is 0.780. The number of aromatic nitrogens is 4. The average Bonchev–Trinajstić information content (AvgIpc) is 2.67. The van der Waals surface area contributed by atoms with Crippen LogP contribution in [0.3, 0.4) is 0 Å². The summed E-state index contributed by atoms with van der Waals surface area (Å²) in [7, 11) is 0. The SMILES string of the molecule is BrC1=CN=C(On2nnc3cccnc32)CN=C1. The van der Waals surface area contributed by atoms with E-state index in [1.807, 2.05) is 0 Å². The van der Waals surface area contributed by atoms with Crippen molar-refractivity contribution in [2.45, 2.75) is 0 Å². The molecule has 0 aromatic carbocycles. The Bertz CT molecular complexity index is 674. The van der Waals surface area contributed by atoms with Crippen LogP contribution in [0, 0.1) is 0 Å². The third-order valence-electron chi connectivity index (χ3n) is 2.15. The molecule has 0 amide bonds. The lowest BCUT2D eigenvalue weighted by Gasteiger charge is -2.03. The van der Waals surface area contributed by atoms with Gasteiger partial charge in [-0.05, 0) is 33.3 Å². The van der Waals surface area contributed by atoms with E-state index < -0.39 is 0 Å². The standard InChI is InChI=1S/C10H7BrN6O/c11-7-4-12-6-9(14-5-7)18-17-10-8(15-16-17)2-1-3-13-10/h1-5H,6H2. The van der Waals surface area contributed by atoms with E-state index >= 15 is 0 Å². The van der Waals surface area contributed by atoms with Crippen LogP contribution in [0.15, 0.2) is 39.0 Å². The van der Waals surface area contributed by atoms with Gasteiger partial charge in [-0.25, -0.2) is 9.98 Å². The Morgan fingerprint density at radius 2 is 2.33 bits per heavy atom. The summed E-state index contributed by atoms with van der Waals surface area (Å²) in [5.41, 5.74) is 1.20. The molecule has 0 unspecified atom stereocenters. The third-order valence-corrected chi connectivity index (χ3v) is 2.56. The number of pyridine rings is 1. The molecule has 0 atom stereocenters. The van der Waals surface area contributed by atoms with Gasteiger partial charge >= 0.3 is 0 Å². The summed E-state index contributed by atoms with van der Waals surface area (Å²) in [5, 5.41) is 7.79. The largest absolute Gasteiger partial charge is 0.337 e. The summed E-state index contributed by atoms with van der Waals surface area (Å²) >= 11 is 3.29. The predicted molar refractivity (Wildman–Crippen MR) is 69.7 cm³/mol. The molecular formula is C10H7BrN6O. The molecule has 0 bridgehead atoms. The number of fused-ring (bicyclic) bond motifs is 1. The normalized spacial score (nSPS) is 15.2. The van der Waals surface area contributed by atoms with E-state index in [-0.39, 0.29) is 0 Å². The van der Waals surface area contributed by atoms with Crippen molar-refractivity contribution < 1.29 is 4.84 Å². The minimum Gasteiger partial charge on any atom is -0.337 e. The Hall–Kier alpha value is -2.09. The van der Waals surface area contributed by atoms with Crippen LogP contribution in [0.2, 0.25) is 0 Å². The highest BCUT2D eigenvalue weighted by atomic mass is 79.9. The van der Waals surface area contributed by atoms with Crippen LogP contribution in [-0.4, -0.2) is 38.8 Å². The Morgan fingerprint density at radius 3 is 3.28 bits per heavy atom. The molecule has 0 radical (unpaired) electrons. The lowest BCUT2D eigenvalue weighted by atomic mass is 10.4. The van der Waals surface area contributed by atoms with Gasteiger partial charge in [-0.2, -0.15) is 0 Å². The maximum absolute atomic E-state index is 5.49. The van der Waals surface area contributed by atoms with Gasteiger partial charge in [0.1, 0.15) is 12.1 Å². The maximum atomic E-state index is 5.49. The molecule has 7 nitrogen and oxygen atoms in total. The van der Waals surface area contributed by atoms with Gasteiger partial charge in [0, 0.05) is 18.6 Å². The topological polar surface area (TPSA) is 77.5 Å². The number of nitrogens with zero attached hydrogens (tertiary/aromatic N) is 6. The Labute approximate surface area is 110 Å². The average molecular weight is 307 g/mol. The zero-order valence-corrected chi connectivity index (χ0v) is 10.6. The lowest BCUT2D eigenvalue weighted by molar-refractivity contribution is 0.220. The van der Waals surface area contributed by atoms with Crippen LogP contribution in [0.4, 0.5) is 0 Å². The molecule has 0 saturated heterocycles. The van der Waals surface area contributed by atoms with Crippen LogP contribution in [0.5, 0.6) is 0 Å². The van der Waals surface area contributed by atoms with E-state index in [2.05, 4.69) is 41.2 Å². The number of aliphatic imine (C=N–C) groups is 2. The molecule has 18 heavy (non-hydrogen) atoms. The molecule has 0 aliphatic carbocycles. The van der Waals surface area contributed by atoms with E-state index in [0.717, 1.165) is 4.48 Å². The minimum absolute atomic E-state index is 0.333. The van der Waals surface area contributed by atoms with Crippen molar-refractivity contribution in [3.63, 3.8) is 0 Å². The van der Waals surface area contributed by atoms with Crippen LogP contribution in [-0.2, 0) is 0 Å². The molecule has 0 fully saturated rings. The van der Waals surface area contributed by atoms with E-state index in [0.29, 0.717) is 23.6 Å². The molecule has 0 saturated carbocycles. The first-order valence-corrected chi connectivity index (χ1v) is 5.89. The summed E-state index contributed by atoms with van der Waals surface area (Å²) in [4.78, 5) is 19.1. The van der Waals surface area contributed by atoms with Gasteiger partial charge in [0.25, 0.3) is 0 Å². The molecular weight excluding hydrogens is 300 g/mol. The van der Waals surface area contributed by atoms with E-state index in [1.54, 1.807) is 30.7 Å². The first-order valence-electron chi connectivity index (χ1n) is 5.10. The first-order chi connectivity index (χ1) is 8.83. The monoisotopic (exact) mass is 306 g/mol. The highest BCUT2D eigenvalue weighted by Crippen LogP contribution is 2.06. The number of rotatable bonds is 1. The van der Waals surface area contributed by atoms with E-state index in [9.17, 15) is 0 Å². The van der Waals surface area contributed by atoms with Gasteiger partial charge in [-0.1, -0.05) is 4.85 Å². The van der Waals surface area contributed by atoms with Crippen LogP contribution in [0.25, 0.3) is 11.2 Å². The fourth-order valence-corrected chi connectivity index (χ4v) is 1.62. The van der Waals surface area contributed by atoms with Crippen LogP contribution < -0.4 is 4.84 Å². The molecule has 3 heterocycles. The zero-order chi connectivity index (χ0) is 12.4. The molecule has 0 spiro atoms. The van der Waals surface area contributed by atoms with Gasteiger partial charge in [-0.15, -0.1) is 5.10 Å². The second kappa shape index (κ2) is 4.65. The van der Waals surface area contributed by atoms with Crippen molar-refractivity contribution in [1.29, 1.82) is 0 Å². The van der Waals surface area contributed by atoms with Gasteiger partial charge in [-0.3, -0.25) is 4.99 Å². The molecule has 8 heteroatoms. The van der Waals surface area contributed by atoms with Gasteiger partial charge in [0.2, 0.25) is 11.5 Å². The molecule has 2 aromatic heterocycles. The second-order valence-corrected chi connectivity index (χ2v) is 4.32. The van der Waals surface area contributed by atoms with Crippen LogP contribution >= 0.6 is 15.9 Å². The maximum Gasteiger partial charge on any atom is 0.246 e. The van der Waals surface area contributed by atoms with Crippen LogP contribution in [0.1, 0.15) is 0 Å². The minimum atomic E-state index is 0.333. The fourth-order valence-electron chi connectivity index (χ4n) is 1.38. The Morgan fingerprint density at radius 1 is 1.39 bits per heavy atom. The number of hydrogen-bond acceptors (Lipinski definition) is 6. The van der Waals surface area contributed by atoms with E-state index in [4.69, 9.17) is 4.84 Å². The Kier molecular flexibility index (Phi) is 2.85. The number of allylic oxidation sites excluding steroid dienone is 1. The molecule has 2 aromatic rings. The third kappa shape index (κ3) is 2.14. The first kappa shape index (κ1) is 11.0. The fraction of sp³-hybridized carbons (Fsp3) is 0.100. The summed E-state index contributed by atoms with van der Waals surface area (Å²) in [6.07, 6.45) is 4.92. The van der Waals surface area contributed by atoms with Crippen molar-refractivity contribution in [2.24, 2.45) is 9.98 Å². The zero-order valence-electron chi connectivity index (χ0n) is 9.06. The molecule has 1 aliphatic heterocycles. The quantitative estimate of drug-likeness (QED) is 0.786. The van der Waals surface area contributed by atoms with Gasteiger partial charge < -0.3 is 4.84 Å². The van der Waals surface area contributed by atoms with Crippen molar-refractivity contribution in [1.82, 2.24) is 20.1 Å². The number of hydrogen-bond donors (Lipinski definition) is 0. The van der Waals surface area contributed by atoms with Crippen molar-refractivity contribution in [2.75, 3.05) is 6.54 Å². The van der Waals surface area contributed by atoms with Crippen molar-refractivity contribution in [3.8, 4) is 0 Å². The smallest absolute Gasteiger partial charge is 0.246 e. The summed E-state index contributed by atoms with van der Waals surface area (Å²) in [5.74, 6) is 0.415. The summed E-state index contributed by atoms with van der Waals surface area (Å²) in [6.45, 7) is 0.333. The highest BCUT2D eigenvalue weighted by molar-refractivity contribution is 9.12. The second-order valence-electron chi connectivity index (χ2n) is 3.41. The highest BCUT2D eigenvalue weighted by Gasteiger charge is 2.09. The predicted octanol–water partition coefficient (Wildman–Crippen LogP) is 0.974. The van der Waals surface area contributed by atoms with E-state index in [1.165, 1.54) is 4.85 Å². The molecule has 1 aliphatic rings. The Balaban J connectivity index is 1.91. The van der Waals surface area contributed by atoms with Gasteiger partial charge in [0.05, 0.1) is 4.48 Å². The number of halogens is 1.